The van der Waals surface area contributed by atoms with Crippen LogP contribution in [0.4, 0.5) is 0 Å². The number of allylic oxidation sites excluding steroid dienone is 1. The summed E-state index contributed by atoms with van der Waals surface area (Å²) in [5.41, 5.74) is 1.81. The normalized spacial score (nSPS) is 16.8. The Labute approximate surface area is 134 Å². The Morgan fingerprint density at radius 1 is 1.43 bits per heavy atom. The first-order valence-electron chi connectivity index (χ1n) is 7.12. The van der Waals surface area contributed by atoms with Gasteiger partial charge in [-0.15, -0.1) is 0 Å². The van der Waals surface area contributed by atoms with E-state index in [4.69, 9.17) is 14.7 Å². The number of nitrogens with zero attached hydrogens (tertiary/aromatic N) is 2. The zero-order valence-electron chi connectivity index (χ0n) is 13.2. The fourth-order valence-corrected chi connectivity index (χ4v) is 2.29. The number of esters is 1. The van der Waals surface area contributed by atoms with Crippen LogP contribution in [-0.2, 0) is 9.53 Å². The van der Waals surface area contributed by atoms with Crippen LogP contribution in [0, 0.1) is 11.5 Å². The number of ether oxygens (including phenoxy) is 2. The summed E-state index contributed by atoms with van der Waals surface area (Å²) >= 11 is 0. The minimum Gasteiger partial charge on any atom is -0.497 e. The van der Waals surface area contributed by atoms with Gasteiger partial charge in [-0.25, -0.2) is 9.79 Å². The molecule has 0 aliphatic carbocycles. The maximum absolute atomic E-state index is 12.3. The molecule has 120 valence electrons. The third kappa shape index (κ3) is 3.61. The van der Waals surface area contributed by atoms with Crippen LogP contribution in [0.2, 0.25) is 0 Å². The van der Waals surface area contributed by atoms with Crippen molar-refractivity contribution in [3.63, 3.8) is 0 Å². The van der Waals surface area contributed by atoms with Crippen molar-refractivity contribution in [1.82, 2.24) is 10.6 Å². The third-order valence-corrected chi connectivity index (χ3v) is 3.34. The zero-order valence-corrected chi connectivity index (χ0v) is 13.2. The van der Waals surface area contributed by atoms with Crippen molar-refractivity contribution in [3.8, 4) is 11.9 Å². The molecule has 1 atom stereocenters. The van der Waals surface area contributed by atoms with E-state index in [9.17, 15) is 4.79 Å². The molecule has 1 aromatic carbocycles. The van der Waals surface area contributed by atoms with E-state index in [-0.39, 0.29) is 6.61 Å². The second-order valence-electron chi connectivity index (χ2n) is 4.77. The lowest BCUT2D eigenvalue weighted by Gasteiger charge is -2.25. The summed E-state index contributed by atoms with van der Waals surface area (Å²) in [5, 5.41) is 14.1. The van der Waals surface area contributed by atoms with Gasteiger partial charge in [-0.1, -0.05) is 12.1 Å². The number of guanidine groups is 1. The molecule has 0 spiro atoms. The van der Waals surface area contributed by atoms with Crippen molar-refractivity contribution >= 4 is 11.9 Å². The monoisotopic (exact) mass is 314 g/mol. The molecule has 0 saturated heterocycles. The highest BCUT2D eigenvalue weighted by molar-refractivity contribution is 5.95. The van der Waals surface area contributed by atoms with E-state index in [0.29, 0.717) is 23.0 Å². The second-order valence-corrected chi connectivity index (χ2v) is 4.77. The molecule has 1 aliphatic rings. The number of rotatable bonds is 4. The van der Waals surface area contributed by atoms with E-state index in [2.05, 4.69) is 15.6 Å². The van der Waals surface area contributed by atoms with Crippen LogP contribution in [0.5, 0.6) is 5.75 Å². The van der Waals surface area contributed by atoms with Gasteiger partial charge in [0.15, 0.2) is 6.19 Å². The first kappa shape index (κ1) is 16.4. The molecule has 0 radical (unpaired) electrons. The van der Waals surface area contributed by atoms with Gasteiger partial charge >= 0.3 is 5.97 Å². The quantitative estimate of drug-likeness (QED) is 0.498. The van der Waals surface area contributed by atoms with Crippen molar-refractivity contribution < 1.29 is 14.3 Å². The number of nitrogens with one attached hydrogen (secondary N) is 2. The summed E-state index contributed by atoms with van der Waals surface area (Å²) in [6.45, 7) is 3.77. The maximum atomic E-state index is 12.3. The Morgan fingerprint density at radius 3 is 2.70 bits per heavy atom. The van der Waals surface area contributed by atoms with E-state index < -0.39 is 12.0 Å². The van der Waals surface area contributed by atoms with Crippen LogP contribution in [0.1, 0.15) is 25.5 Å². The molecule has 2 N–H and O–H groups in total. The van der Waals surface area contributed by atoms with Gasteiger partial charge in [0.25, 0.3) is 0 Å². The van der Waals surface area contributed by atoms with Gasteiger partial charge in [0.1, 0.15) is 11.8 Å². The van der Waals surface area contributed by atoms with Crippen molar-refractivity contribution in [2.45, 2.75) is 19.9 Å². The molecule has 0 fully saturated rings. The Hall–Kier alpha value is -3.01. The van der Waals surface area contributed by atoms with Gasteiger partial charge in [0.2, 0.25) is 5.96 Å². The second kappa shape index (κ2) is 7.31. The minimum absolute atomic E-state index is 0.276. The van der Waals surface area contributed by atoms with Crippen LogP contribution in [0.25, 0.3) is 0 Å². The van der Waals surface area contributed by atoms with Gasteiger partial charge < -0.3 is 14.8 Å². The largest absolute Gasteiger partial charge is 0.497 e. The molecule has 7 heteroatoms. The Kier molecular flexibility index (Phi) is 5.20. The summed E-state index contributed by atoms with van der Waals surface area (Å²) < 4.78 is 10.3. The van der Waals surface area contributed by atoms with Crippen molar-refractivity contribution in [2.75, 3.05) is 13.7 Å². The number of benzene rings is 1. The van der Waals surface area contributed by atoms with E-state index in [1.165, 1.54) is 0 Å². The Morgan fingerprint density at radius 2 is 2.13 bits per heavy atom. The highest BCUT2D eigenvalue weighted by Crippen LogP contribution is 2.32. The molecule has 23 heavy (non-hydrogen) atoms. The Bertz CT molecular complexity index is 686. The van der Waals surface area contributed by atoms with Gasteiger partial charge in [-0.2, -0.15) is 5.26 Å². The summed E-state index contributed by atoms with van der Waals surface area (Å²) in [5.74, 6) is 0.567. The number of aliphatic imine (C=N–C) groups is 1. The predicted molar refractivity (Wildman–Crippen MR) is 84.4 cm³/mol. The number of hydrogen-bond acceptors (Lipinski definition) is 7. The molecule has 0 saturated carbocycles. The van der Waals surface area contributed by atoms with Gasteiger partial charge in [-0.3, -0.25) is 5.32 Å². The fourth-order valence-electron chi connectivity index (χ4n) is 2.29. The van der Waals surface area contributed by atoms with Crippen LogP contribution in [0.15, 0.2) is 40.5 Å². The zero-order chi connectivity index (χ0) is 16.8. The van der Waals surface area contributed by atoms with Crippen LogP contribution < -0.4 is 15.4 Å². The molecular weight excluding hydrogens is 296 g/mol. The van der Waals surface area contributed by atoms with Gasteiger partial charge in [0.05, 0.1) is 19.3 Å². The van der Waals surface area contributed by atoms with Crippen LogP contribution in [-0.4, -0.2) is 25.6 Å². The lowest BCUT2D eigenvalue weighted by molar-refractivity contribution is -0.138. The lowest BCUT2D eigenvalue weighted by Crippen LogP contribution is -2.39. The molecule has 1 heterocycles. The fraction of sp³-hybridized carbons (Fsp3) is 0.312. The van der Waals surface area contributed by atoms with E-state index >= 15 is 0 Å². The smallest absolute Gasteiger partial charge is 0.338 e. The molecule has 0 amide bonds. The topological polar surface area (TPSA) is 95.7 Å². The number of carbonyl (C=O) groups excluding carboxylic acids is 1. The third-order valence-electron chi connectivity index (χ3n) is 3.34. The highest BCUT2D eigenvalue weighted by atomic mass is 16.5. The minimum atomic E-state index is -0.558. The molecule has 7 nitrogen and oxygen atoms in total. The van der Waals surface area contributed by atoms with Crippen LogP contribution in [0.3, 0.4) is 0 Å². The lowest BCUT2D eigenvalue weighted by atomic mass is 9.96. The van der Waals surface area contributed by atoms with Gasteiger partial charge in [0, 0.05) is 5.70 Å². The van der Waals surface area contributed by atoms with Crippen molar-refractivity contribution in [2.24, 2.45) is 4.99 Å². The van der Waals surface area contributed by atoms with Crippen LogP contribution >= 0.6 is 0 Å². The average Bonchev–Trinajstić information content (AvgIpc) is 2.55. The van der Waals surface area contributed by atoms with Crippen molar-refractivity contribution in [1.29, 1.82) is 5.26 Å². The first-order chi connectivity index (χ1) is 11.1. The Balaban J connectivity index is 2.43. The highest BCUT2D eigenvalue weighted by Gasteiger charge is 2.30. The molecule has 0 aromatic heterocycles. The predicted octanol–water partition coefficient (Wildman–Crippen LogP) is 1.60. The number of methoxy groups -OCH3 is 1. The molecule has 2 rings (SSSR count). The van der Waals surface area contributed by atoms with E-state index in [1.807, 2.05) is 18.3 Å². The summed E-state index contributed by atoms with van der Waals surface area (Å²) in [4.78, 5) is 16.7. The molecule has 0 unspecified atom stereocenters. The van der Waals surface area contributed by atoms with Crippen molar-refractivity contribution in [3.05, 3.63) is 41.1 Å². The summed E-state index contributed by atoms with van der Waals surface area (Å²) in [6.07, 6.45) is 1.82. The van der Waals surface area contributed by atoms with E-state index in [0.717, 1.165) is 5.56 Å². The summed E-state index contributed by atoms with van der Waals surface area (Å²) in [6, 6.07) is 6.69. The first-order valence-corrected chi connectivity index (χ1v) is 7.12. The molecule has 1 aliphatic heterocycles. The molecule has 0 bridgehead atoms. The SMILES string of the molecule is CCOC(=O)C1=C(C)NC(NC#N)=N[C@H]1c1ccc(OC)cc1. The maximum Gasteiger partial charge on any atom is 0.338 e. The number of nitriles is 1. The average molecular weight is 314 g/mol. The number of carbonyl (C=O) groups is 1. The number of hydrogen-bond donors (Lipinski definition) is 2. The molecule has 1 aromatic rings. The van der Waals surface area contributed by atoms with E-state index in [1.54, 1.807) is 33.1 Å². The molecular formula is C16H18N4O3. The standard InChI is InChI=1S/C16H18N4O3/c1-4-23-15(21)13-10(2)19-16(18-9-17)20-14(13)11-5-7-12(22-3)8-6-11/h5-8,14H,4H2,1-3H3,(H2,18,19,20)/t14-/m0/s1. The van der Waals surface area contributed by atoms with Gasteiger partial charge in [-0.05, 0) is 31.5 Å². The summed E-state index contributed by atoms with van der Waals surface area (Å²) in [7, 11) is 1.58.